The maximum atomic E-state index is 12.4. The van der Waals surface area contributed by atoms with Gasteiger partial charge in [0.15, 0.2) is 0 Å². The Morgan fingerprint density at radius 2 is 1.92 bits per heavy atom. The Kier molecular flexibility index (Phi) is 5.61. The van der Waals surface area contributed by atoms with Crippen LogP contribution in [0, 0.1) is 0 Å². The molecular formula is C19H23N5O. The number of piperidine rings is 1. The van der Waals surface area contributed by atoms with Crippen molar-refractivity contribution in [2.75, 3.05) is 35.2 Å². The lowest BCUT2D eigenvalue weighted by Gasteiger charge is -2.28. The number of rotatable bonds is 6. The molecule has 0 aliphatic carbocycles. The van der Waals surface area contributed by atoms with E-state index in [1.807, 2.05) is 12.1 Å². The third-order valence-corrected chi connectivity index (χ3v) is 4.17. The molecule has 0 atom stereocenters. The lowest BCUT2D eigenvalue weighted by Crippen LogP contribution is -2.29. The van der Waals surface area contributed by atoms with Crippen molar-refractivity contribution in [3.05, 3.63) is 55.0 Å². The number of carbonyl (C=O) groups is 1. The third kappa shape index (κ3) is 4.56. The van der Waals surface area contributed by atoms with Gasteiger partial charge in [-0.05, 0) is 43.5 Å². The van der Waals surface area contributed by atoms with Gasteiger partial charge in [-0.1, -0.05) is 6.08 Å². The topological polar surface area (TPSA) is 70.2 Å². The van der Waals surface area contributed by atoms with Crippen molar-refractivity contribution in [3.63, 3.8) is 0 Å². The zero-order valence-electron chi connectivity index (χ0n) is 14.2. The molecule has 6 nitrogen and oxygen atoms in total. The van der Waals surface area contributed by atoms with Gasteiger partial charge >= 0.3 is 0 Å². The van der Waals surface area contributed by atoms with Crippen LogP contribution in [-0.4, -0.2) is 35.5 Å². The van der Waals surface area contributed by atoms with Gasteiger partial charge < -0.3 is 15.5 Å². The summed E-state index contributed by atoms with van der Waals surface area (Å²) in [4.78, 5) is 22.9. The first kappa shape index (κ1) is 17.0. The summed E-state index contributed by atoms with van der Waals surface area (Å²) in [5.41, 5.74) is 2.28. The van der Waals surface area contributed by atoms with Crippen molar-refractivity contribution in [3.8, 4) is 0 Å². The van der Waals surface area contributed by atoms with E-state index in [0.717, 1.165) is 18.8 Å². The van der Waals surface area contributed by atoms with E-state index in [1.165, 1.54) is 31.3 Å². The molecule has 1 amide bonds. The summed E-state index contributed by atoms with van der Waals surface area (Å²) in [6.45, 7) is 6.43. The molecule has 1 aliphatic rings. The molecule has 2 heterocycles. The van der Waals surface area contributed by atoms with Crippen LogP contribution < -0.4 is 15.5 Å². The van der Waals surface area contributed by atoms with E-state index in [9.17, 15) is 4.79 Å². The molecule has 2 aromatic rings. The van der Waals surface area contributed by atoms with Crippen molar-refractivity contribution in [2.45, 2.75) is 19.3 Å². The fraction of sp³-hybridized carbons (Fsp3) is 0.316. The molecule has 0 spiro atoms. The number of hydrogen-bond acceptors (Lipinski definition) is 5. The van der Waals surface area contributed by atoms with E-state index >= 15 is 0 Å². The average Bonchev–Trinajstić information content (AvgIpc) is 2.68. The lowest BCUT2D eigenvalue weighted by atomic mass is 10.1. The van der Waals surface area contributed by atoms with Gasteiger partial charge in [0.25, 0.3) is 5.91 Å². The van der Waals surface area contributed by atoms with Gasteiger partial charge in [-0.15, -0.1) is 6.58 Å². The molecule has 130 valence electrons. The Morgan fingerprint density at radius 3 is 2.64 bits per heavy atom. The fourth-order valence-electron chi connectivity index (χ4n) is 2.86. The van der Waals surface area contributed by atoms with Crippen molar-refractivity contribution in [1.29, 1.82) is 0 Å². The molecule has 0 unspecified atom stereocenters. The zero-order chi connectivity index (χ0) is 17.5. The van der Waals surface area contributed by atoms with Crippen LogP contribution in [0.5, 0.6) is 0 Å². The predicted octanol–water partition coefficient (Wildman–Crippen LogP) is 3.32. The highest BCUT2D eigenvalue weighted by Gasteiger charge is 2.12. The molecule has 1 aromatic heterocycles. The highest BCUT2D eigenvalue weighted by atomic mass is 16.1. The summed E-state index contributed by atoms with van der Waals surface area (Å²) >= 11 is 0. The average molecular weight is 337 g/mol. The Balaban J connectivity index is 1.63. The molecule has 1 saturated heterocycles. The van der Waals surface area contributed by atoms with E-state index in [4.69, 9.17) is 0 Å². The van der Waals surface area contributed by atoms with Crippen LogP contribution in [0.15, 0.2) is 49.3 Å². The summed E-state index contributed by atoms with van der Waals surface area (Å²) in [6.07, 6.45) is 6.90. The van der Waals surface area contributed by atoms with Crippen LogP contribution in [0.1, 0.15) is 29.8 Å². The smallest absolute Gasteiger partial charge is 0.274 e. The van der Waals surface area contributed by atoms with E-state index in [1.54, 1.807) is 12.1 Å². The first-order chi connectivity index (χ1) is 12.3. The Morgan fingerprint density at radius 1 is 1.16 bits per heavy atom. The first-order valence-electron chi connectivity index (χ1n) is 8.59. The van der Waals surface area contributed by atoms with Crippen LogP contribution >= 0.6 is 0 Å². The summed E-state index contributed by atoms with van der Waals surface area (Å²) in [5.74, 6) is 0.343. The van der Waals surface area contributed by atoms with Crippen molar-refractivity contribution < 1.29 is 4.79 Å². The number of anilines is 3. The second kappa shape index (κ2) is 8.28. The van der Waals surface area contributed by atoms with Gasteiger partial charge in [0.05, 0.1) is 0 Å². The maximum absolute atomic E-state index is 12.4. The van der Waals surface area contributed by atoms with Crippen LogP contribution in [0.2, 0.25) is 0 Å². The number of nitrogens with zero attached hydrogens (tertiary/aromatic N) is 3. The van der Waals surface area contributed by atoms with Gasteiger partial charge in [0.1, 0.15) is 17.8 Å². The molecule has 2 N–H and O–H groups in total. The fourth-order valence-corrected chi connectivity index (χ4v) is 2.86. The second-order valence-corrected chi connectivity index (χ2v) is 6.01. The molecule has 1 aliphatic heterocycles. The summed E-state index contributed by atoms with van der Waals surface area (Å²) in [5, 5.41) is 5.92. The van der Waals surface area contributed by atoms with Gasteiger partial charge in [-0.25, -0.2) is 9.97 Å². The van der Waals surface area contributed by atoms with E-state index in [0.29, 0.717) is 18.1 Å². The van der Waals surface area contributed by atoms with Crippen LogP contribution in [-0.2, 0) is 0 Å². The zero-order valence-corrected chi connectivity index (χ0v) is 14.2. The molecule has 0 radical (unpaired) electrons. The molecule has 1 aromatic carbocycles. The molecule has 0 saturated carbocycles. The van der Waals surface area contributed by atoms with Gasteiger partial charge in [-0.3, -0.25) is 4.79 Å². The normalized spacial score (nSPS) is 14.0. The highest BCUT2D eigenvalue weighted by Crippen LogP contribution is 2.22. The third-order valence-electron chi connectivity index (χ3n) is 4.17. The Bertz CT molecular complexity index is 723. The minimum absolute atomic E-state index is 0.255. The number of carbonyl (C=O) groups excluding carboxylic acids is 1. The number of aromatic nitrogens is 2. The second-order valence-electron chi connectivity index (χ2n) is 6.01. The lowest BCUT2D eigenvalue weighted by molar-refractivity contribution is 0.102. The SMILES string of the molecule is C=CCNc1cc(C(=O)Nc2ccc(N3CCCCC3)cc2)ncn1. The summed E-state index contributed by atoms with van der Waals surface area (Å²) in [7, 11) is 0. The quantitative estimate of drug-likeness (QED) is 0.791. The standard InChI is InChI=1S/C19H23N5O/c1-2-10-20-18-13-17(21-14-22-18)19(25)23-15-6-8-16(9-7-15)24-11-4-3-5-12-24/h2,6-9,13-14H,1,3-5,10-12H2,(H,23,25)(H,20,21,22). The molecule has 3 rings (SSSR count). The monoisotopic (exact) mass is 337 g/mol. The molecule has 0 bridgehead atoms. The van der Waals surface area contributed by atoms with E-state index in [-0.39, 0.29) is 5.91 Å². The van der Waals surface area contributed by atoms with Crippen molar-refractivity contribution in [1.82, 2.24) is 9.97 Å². The van der Waals surface area contributed by atoms with Crippen LogP contribution in [0.25, 0.3) is 0 Å². The van der Waals surface area contributed by atoms with Gasteiger partial charge in [0, 0.05) is 37.1 Å². The summed E-state index contributed by atoms with van der Waals surface area (Å²) < 4.78 is 0. The highest BCUT2D eigenvalue weighted by molar-refractivity contribution is 6.03. The van der Waals surface area contributed by atoms with Crippen LogP contribution in [0.4, 0.5) is 17.2 Å². The number of benzene rings is 1. The van der Waals surface area contributed by atoms with E-state index < -0.39 is 0 Å². The Labute approximate surface area is 148 Å². The van der Waals surface area contributed by atoms with Crippen molar-refractivity contribution in [2.24, 2.45) is 0 Å². The van der Waals surface area contributed by atoms with Gasteiger partial charge in [0.2, 0.25) is 0 Å². The largest absolute Gasteiger partial charge is 0.372 e. The number of nitrogens with one attached hydrogen (secondary N) is 2. The van der Waals surface area contributed by atoms with Crippen LogP contribution in [0.3, 0.4) is 0 Å². The molecular weight excluding hydrogens is 314 g/mol. The first-order valence-corrected chi connectivity index (χ1v) is 8.59. The minimum Gasteiger partial charge on any atom is -0.372 e. The molecule has 25 heavy (non-hydrogen) atoms. The van der Waals surface area contributed by atoms with E-state index in [2.05, 4.69) is 44.2 Å². The molecule has 6 heteroatoms. The summed E-state index contributed by atoms with van der Waals surface area (Å²) in [6, 6.07) is 9.59. The Hall–Kier alpha value is -2.89. The van der Waals surface area contributed by atoms with Gasteiger partial charge in [-0.2, -0.15) is 0 Å². The molecule has 1 fully saturated rings. The minimum atomic E-state index is -0.255. The predicted molar refractivity (Wildman–Crippen MR) is 101 cm³/mol. The van der Waals surface area contributed by atoms with Crippen molar-refractivity contribution >= 4 is 23.1 Å². The number of hydrogen-bond donors (Lipinski definition) is 2. The number of amides is 1. The maximum Gasteiger partial charge on any atom is 0.274 e.